The summed E-state index contributed by atoms with van der Waals surface area (Å²) >= 11 is -6.00. The number of urea groups is 6. The molecule has 0 aliphatic heterocycles. The van der Waals surface area contributed by atoms with E-state index in [1.54, 1.807) is 4.72 Å². The van der Waals surface area contributed by atoms with Crippen LogP contribution in [0.25, 0.3) is 10.3 Å². The van der Waals surface area contributed by atoms with E-state index in [4.69, 9.17) is 67.3 Å². The van der Waals surface area contributed by atoms with Crippen LogP contribution >= 0.6 is 0 Å². The predicted molar refractivity (Wildman–Crippen MR) is 321 cm³/mol. The Labute approximate surface area is 713 Å². The predicted octanol–water partition coefficient (Wildman–Crippen LogP) is -17.3. The number of nitrogens with zero attached hydrogens (tertiary/aromatic N) is 14. The maximum absolute atomic E-state index is 12.4. The van der Waals surface area contributed by atoms with E-state index in [1.165, 1.54) is 43.7 Å². The molecule has 56 nitrogen and oxygen atoms in total. The largest absolute Gasteiger partial charge is 1.00 e. The zero-order valence-corrected chi connectivity index (χ0v) is 70.9. The second-order valence-electron chi connectivity index (χ2n) is 13.3. The molecule has 0 radical (unpaired) electrons. The maximum atomic E-state index is 12.4. The van der Waals surface area contributed by atoms with Crippen LogP contribution in [-0.4, -0.2) is 298 Å². The van der Waals surface area contributed by atoms with Crippen molar-refractivity contribution in [3.63, 3.8) is 0 Å². The van der Waals surface area contributed by atoms with E-state index in [2.05, 4.69) is 0 Å². The molecule has 92 heteroatoms. The van der Waals surface area contributed by atoms with Crippen LogP contribution in [0, 0.1) is 0 Å². The topological polar surface area (TPSA) is 804 Å². The van der Waals surface area contributed by atoms with Gasteiger partial charge in [-0.15, -0.1) is 3.89 Å². The molecule has 0 heterocycles. The third-order valence-corrected chi connectivity index (χ3v) is 12.2. The summed E-state index contributed by atoms with van der Waals surface area (Å²) in [6, 6.07) is -14.6. The average Bonchev–Trinajstić information content (AvgIpc) is 0.843. The summed E-state index contributed by atoms with van der Waals surface area (Å²) in [4.78, 5) is 61.9. The Morgan fingerprint density at radius 1 is 0.417 bits per heavy atom. The number of amidine groups is 2. The molecule has 115 heavy (non-hydrogen) atoms. The molecule has 12 amide bonds. The Morgan fingerprint density at radius 3 is 0.757 bits per heavy atom. The molecule has 0 aliphatic rings. The first-order valence-electron chi connectivity index (χ1n) is 21.8. The smallest absolute Gasteiger partial charge is 0.844 e. The zero-order valence-electron chi connectivity index (χ0n) is 57.9. The van der Waals surface area contributed by atoms with Crippen molar-refractivity contribution in [2.24, 2.45) is 10.4 Å². The van der Waals surface area contributed by atoms with Crippen LogP contribution in [0.1, 0.15) is 34.1 Å². The summed E-state index contributed by atoms with van der Waals surface area (Å²) in [6.07, 6.45) is 0.211. The van der Waals surface area contributed by atoms with Crippen molar-refractivity contribution in [3.05, 3.63) is 10.3 Å². The first-order valence-corrected chi connectivity index (χ1v) is 37.9. The van der Waals surface area contributed by atoms with Crippen LogP contribution in [0.3, 0.4) is 0 Å². The van der Waals surface area contributed by atoms with Crippen LogP contribution in [0.2, 0.25) is 0 Å². The van der Waals surface area contributed by atoms with Gasteiger partial charge in [-0.1, -0.05) is 75.9 Å². The van der Waals surface area contributed by atoms with Gasteiger partial charge in [0.25, 0.3) is 10.4 Å². The van der Waals surface area contributed by atoms with Gasteiger partial charge in [0.1, 0.15) is 12.0 Å². The standard InChI is InChI=1S/2C5H10F2N2O3S.C4H8F2N2O3S.C3H6F2N2O3S.2C2H4F2N2O3S.CH2F2N2O3S.CHF2N2O3S.4Li.8O2S/c1-4(2)9(13(7,11)12)5(10)8(3)6;1-3-4-9(13(7,11)12)5(10)8(2)6;1-3-8(12(6,10)11)4(9)7(2)5;1-6(4)3(8)7(2)11(5,9)10;2*1-6(2(7)5-3)10(4,8)9;2*2-4-1(6)5-9(3,7)8;;;;;8*1-3-2/h4H,1-3H3;3-4H2,1-2H3;3H2,1-2H3;1-2H3;2*1H3,(H,5,7);(H2,4,5,6);(H-,4,5,6);;;;;;;;;;;;/q;;;;;;;-1;4*+1;;;;;;;;/p-3. The summed E-state index contributed by atoms with van der Waals surface area (Å²) in [6.45, 7) is 4.40. The molecule has 0 aromatic heterocycles. The van der Waals surface area contributed by atoms with E-state index in [0.717, 1.165) is 0 Å². The molecule has 0 rings (SSSR count). The molecular formula is C23H42F16Li4N16O40S16. The van der Waals surface area contributed by atoms with Gasteiger partial charge in [-0.2, -0.15) is 174 Å². The zero-order chi connectivity index (χ0) is 94.0. The SMILES string of the molecule is CC(C)N(C(=O)N(C)F)S(=O)(=O)F.CCCN(C(=O)N(C)F)S(=O)(=O)F.CCN(C(=O)N(C)F)S(=O)(=O)F.CN(C(=O)NF)S(=O)(=O)F.CN(C([O-])=NF)S(=O)(=O)F.CN(F)C(=O)N(C)S(=O)(=O)F.O=C([N-]F)[N-]S(=O)(=O)F.O=S(=O)(F)NC([O-])=NF.O=S=O.O=S=O.O=S=O.O=S=O.O=S=O.O=S=O.O=S=O.O=S=O.[Li+].[Li+].[Li+].[Li+]. The van der Waals surface area contributed by atoms with E-state index in [1.807, 2.05) is 0 Å². The van der Waals surface area contributed by atoms with Crippen LogP contribution in [0.15, 0.2) is 10.4 Å². The van der Waals surface area contributed by atoms with Gasteiger partial charge >= 0.3 is 271 Å². The van der Waals surface area contributed by atoms with Gasteiger partial charge < -0.3 is 29.7 Å². The Hall–Kier alpha value is -6.41. The quantitative estimate of drug-likeness (QED) is 0.0457. The van der Waals surface area contributed by atoms with Crippen molar-refractivity contribution in [1.29, 1.82) is 0 Å². The van der Waals surface area contributed by atoms with Gasteiger partial charge in [-0.25, -0.2) is 36.7 Å². The molecule has 0 aromatic rings. The molecule has 2 N–H and O–H groups in total. The molecule has 0 saturated heterocycles. The van der Waals surface area contributed by atoms with Gasteiger partial charge in [-0.05, 0) is 33.2 Å². The fourth-order valence-corrected chi connectivity index (χ4v) is 6.04. The summed E-state index contributed by atoms with van der Waals surface area (Å²) in [5.41, 5.74) is 1.69. The number of hydrogen-bond donors (Lipinski definition) is 2. The number of rotatable bonds is 12. The van der Waals surface area contributed by atoms with Gasteiger partial charge in [0, 0.05) is 68.5 Å². The maximum Gasteiger partial charge on any atom is 1.00 e. The summed E-state index contributed by atoms with van der Waals surface area (Å²) in [5, 5.41) is 20.2. The molecule has 0 bridgehead atoms. The van der Waals surface area contributed by atoms with Crippen molar-refractivity contribution in [2.45, 2.75) is 40.2 Å². The number of carbonyl (C=O) groups is 6. The Bertz CT molecular complexity index is 3960. The fraction of sp³-hybridized carbons (Fsp3) is 0.652. The fourth-order valence-electron chi connectivity index (χ4n) is 2.72. The van der Waals surface area contributed by atoms with Crippen molar-refractivity contribution in [3.8, 4) is 0 Å². The second-order valence-corrected chi connectivity index (χ2v) is 24.4. The molecule has 0 unspecified atom stereocenters. The molecule has 0 aromatic carbocycles. The van der Waals surface area contributed by atoms with E-state index in [9.17, 15) is 173 Å². The molecular weight excluding hydrogens is 1990 g/mol. The Morgan fingerprint density at radius 2 is 0.670 bits per heavy atom. The third kappa shape index (κ3) is 129. The molecule has 0 fully saturated rings. The number of halogens is 16. The minimum absolute atomic E-state index is 0. The summed E-state index contributed by atoms with van der Waals surface area (Å²) in [5.74, 6) is 0. The number of amides is 12. The van der Waals surface area contributed by atoms with E-state index in [-0.39, 0.29) is 106 Å². The number of nitrogens with one attached hydrogen (secondary N) is 2. The average molecular weight is 2030 g/mol. The van der Waals surface area contributed by atoms with Gasteiger partial charge in [0.15, 0.2) is 0 Å². The van der Waals surface area contributed by atoms with Crippen molar-refractivity contribution in [2.75, 3.05) is 62.4 Å². The summed E-state index contributed by atoms with van der Waals surface area (Å²) in [7, 11) is -37.0. The van der Waals surface area contributed by atoms with Gasteiger partial charge in [-0.3, -0.25) is 4.72 Å². The Kier molecular flexibility index (Phi) is 127. The third-order valence-electron chi connectivity index (χ3n) is 6.12. The van der Waals surface area contributed by atoms with E-state index < -0.39 is 266 Å². The van der Waals surface area contributed by atoms with Crippen molar-refractivity contribution < 1.29 is 316 Å². The normalized spacial score (nSPS) is 9.53. The number of carbonyl (C=O) groups excluding carboxylic acids is 6. The first kappa shape index (κ1) is 160. The minimum atomic E-state index is -5.29. The van der Waals surface area contributed by atoms with Crippen molar-refractivity contribution in [1.82, 2.24) is 56.6 Å². The monoisotopic (exact) mass is 2030 g/mol. The van der Waals surface area contributed by atoms with E-state index in [0.29, 0.717) is 59.6 Å². The van der Waals surface area contributed by atoms with E-state index >= 15 is 0 Å². The van der Waals surface area contributed by atoms with Crippen LogP contribution in [0.5, 0.6) is 0 Å². The molecule has 0 atom stereocenters. The molecule has 0 aliphatic carbocycles. The molecule has 0 saturated carbocycles. The summed E-state index contributed by atoms with van der Waals surface area (Å²) < 4.78 is 477. The van der Waals surface area contributed by atoms with Crippen LogP contribution in [0.4, 0.5) is 95.7 Å². The van der Waals surface area contributed by atoms with Crippen molar-refractivity contribution >= 4 is 224 Å². The minimum Gasteiger partial charge on any atom is -0.844 e. The number of hydrogen-bond acceptors (Lipinski definition) is 42. The second kappa shape index (κ2) is 91.5. The Balaban J connectivity index is -0.0000000477. The van der Waals surface area contributed by atoms with Gasteiger partial charge in [0.2, 0.25) is 0 Å². The molecule has 666 valence electrons. The van der Waals surface area contributed by atoms with Crippen LogP contribution < -0.4 is 95.9 Å². The van der Waals surface area contributed by atoms with Crippen LogP contribution in [-0.2, 0) is 176 Å². The van der Waals surface area contributed by atoms with Gasteiger partial charge in [0.05, 0.1) is 0 Å². The first-order chi connectivity index (χ1) is 49.6. The molecule has 0 spiro atoms.